The van der Waals surface area contributed by atoms with Crippen molar-refractivity contribution in [2.45, 2.75) is 45.1 Å². The van der Waals surface area contributed by atoms with Crippen molar-refractivity contribution in [3.8, 4) is 17.0 Å². The molecule has 0 spiro atoms. The molecule has 5 nitrogen and oxygen atoms in total. The third-order valence-corrected chi connectivity index (χ3v) is 5.69. The number of aryl methyl sites for hydroxylation is 1. The second-order valence-corrected chi connectivity index (χ2v) is 7.89. The maximum absolute atomic E-state index is 12.7. The summed E-state index contributed by atoms with van der Waals surface area (Å²) in [6.07, 6.45) is 3.86. The monoisotopic (exact) mass is 359 g/mol. The molecule has 1 saturated carbocycles. The number of hydrogen-bond acceptors (Lipinski definition) is 5. The van der Waals surface area contributed by atoms with Crippen molar-refractivity contribution in [3.05, 3.63) is 29.1 Å². The number of rotatable bonds is 4. The van der Waals surface area contributed by atoms with Gasteiger partial charge in [-0.1, -0.05) is 24.5 Å². The fourth-order valence-corrected chi connectivity index (χ4v) is 4.17. The van der Waals surface area contributed by atoms with Gasteiger partial charge in [0.25, 0.3) is 0 Å². The molecule has 6 heteroatoms. The molecule has 0 bridgehead atoms. The summed E-state index contributed by atoms with van der Waals surface area (Å²) >= 11 is 1.42. The Morgan fingerprint density at radius 1 is 1.44 bits per heavy atom. The number of thiazole rings is 1. The van der Waals surface area contributed by atoms with Gasteiger partial charge >= 0.3 is 0 Å². The van der Waals surface area contributed by atoms with Gasteiger partial charge in [-0.25, -0.2) is 4.98 Å². The van der Waals surface area contributed by atoms with Crippen LogP contribution in [0.25, 0.3) is 11.3 Å². The first kappa shape index (κ1) is 17.9. The van der Waals surface area contributed by atoms with Crippen molar-refractivity contribution in [1.82, 2.24) is 4.98 Å². The quantitative estimate of drug-likeness (QED) is 0.866. The molecule has 1 heterocycles. The maximum Gasteiger partial charge on any atom is 0.231 e. The lowest BCUT2D eigenvalue weighted by atomic mass is 9.74. The Labute approximate surface area is 152 Å². The minimum absolute atomic E-state index is 0.0261. The standard InChI is InChI=1S/C19H25N3O2S/c1-12-7-8-16(24-3)13(10-12)15-11-25-18(21-15)22-17(23)14-6-4-5-9-19(14,2)20/h7-8,10-11,14H,4-6,9,20H2,1-3H3,(H,21,22,23). The molecule has 134 valence electrons. The number of nitrogens with two attached hydrogens (primary N) is 1. The highest BCUT2D eigenvalue weighted by Gasteiger charge is 2.38. The fourth-order valence-electron chi connectivity index (χ4n) is 3.46. The molecule has 25 heavy (non-hydrogen) atoms. The number of amides is 1. The summed E-state index contributed by atoms with van der Waals surface area (Å²) in [4.78, 5) is 17.2. The molecule has 1 aliphatic carbocycles. The molecule has 0 aliphatic heterocycles. The topological polar surface area (TPSA) is 77.2 Å². The first-order chi connectivity index (χ1) is 11.9. The highest BCUT2D eigenvalue weighted by Crippen LogP contribution is 2.35. The maximum atomic E-state index is 12.7. The third kappa shape index (κ3) is 3.85. The molecule has 1 fully saturated rings. The van der Waals surface area contributed by atoms with Crippen molar-refractivity contribution in [2.75, 3.05) is 12.4 Å². The summed E-state index contributed by atoms with van der Waals surface area (Å²) in [7, 11) is 1.65. The Bertz CT molecular complexity index is 770. The molecule has 3 rings (SSSR count). The molecular weight excluding hydrogens is 334 g/mol. The van der Waals surface area contributed by atoms with E-state index in [4.69, 9.17) is 10.5 Å². The van der Waals surface area contributed by atoms with E-state index in [1.165, 1.54) is 11.3 Å². The molecule has 2 atom stereocenters. The predicted octanol–water partition coefficient (Wildman–Crippen LogP) is 3.97. The molecule has 1 amide bonds. The van der Waals surface area contributed by atoms with Crippen LogP contribution in [0.2, 0.25) is 0 Å². The molecule has 1 aromatic heterocycles. The van der Waals surface area contributed by atoms with Crippen LogP contribution in [-0.4, -0.2) is 23.5 Å². The Morgan fingerprint density at radius 3 is 2.96 bits per heavy atom. The van der Waals surface area contributed by atoms with Crippen LogP contribution in [0.15, 0.2) is 23.6 Å². The van der Waals surface area contributed by atoms with Gasteiger partial charge in [0.15, 0.2) is 5.13 Å². The van der Waals surface area contributed by atoms with E-state index in [1.54, 1.807) is 7.11 Å². The second-order valence-electron chi connectivity index (χ2n) is 7.04. The Hall–Kier alpha value is -1.92. The van der Waals surface area contributed by atoms with Crippen molar-refractivity contribution >= 4 is 22.4 Å². The molecule has 3 N–H and O–H groups in total. The van der Waals surface area contributed by atoms with E-state index in [9.17, 15) is 4.79 Å². The summed E-state index contributed by atoms with van der Waals surface area (Å²) < 4.78 is 5.43. The number of carbonyl (C=O) groups is 1. The molecule has 1 aliphatic rings. The van der Waals surface area contributed by atoms with Gasteiger partial charge in [-0.3, -0.25) is 4.79 Å². The minimum atomic E-state index is -0.442. The zero-order valence-corrected chi connectivity index (χ0v) is 15.8. The zero-order chi connectivity index (χ0) is 18.0. The first-order valence-corrected chi connectivity index (χ1v) is 9.49. The summed E-state index contributed by atoms with van der Waals surface area (Å²) in [6.45, 7) is 4.00. The van der Waals surface area contributed by atoms with Gasteiger partial charge in [0, 0.05) is 16.5 Å². The van der Waals surface area contributed by atoms with E-state index in [0.717, 1.165) is 48.3 Å². The number of aromatic nitrogens is 1. The fraction of sp³-hybridized carbons (Fsp3) is 0.474. The van der Waals surface area contributed by atoms with E-state index in [0.29, 0.717) is 5.13 Å². The van der Waals surface area contributed by atoms with Gasteiger partial charge in [0.1, 0.15) is 5.75 Å². The van der Waals surface area contributed by atoms with Crippen molar-refractivity contribution in [3.63, 3.8) is 0 Å². The molecule has 0 saturated heterocycles. The number of methoxy groups -OCH3 is 1. The van der Waals surface area contributed by atoms with Crippen LogP contribution in [-0.2, 0) is 4.79 Å². The zero-order valence-electron chi connectivity index (χ0n) is 15.0. The van der Waals surface area contributed by atoms with E-state index < -0.39 is 5.54 Å². The average molecular weight is 359 g/mol. The van der Waals surface area contributed by atoms with Crippen LogP contribution in [0.3, 0.4) is 0 Å². The van der Waals surface area contributed by atoms with Crippen LogP contribution in [0.5, 0.6) is 5.75 Å². The number of anilines is 1. The first-order valence-electron chi connectivity index (χ1n) is 8.61. The van der Waals surface area contributed by atoms with Gasteiger partial charge in [0.05, 0.1) is 18.7 Å². The van der Waals surface area contributed by atoms with E-state index in [1.807, 2.05) is 37.4 Å². The lowest BCUT2D eigenvalue weighted by Crippen LogP contribution is -2.51. The summed E-state index contributed by atoms with van der Waals surface area (Å²) in [5.41, 5.74) is 8.76. The van der Waals surface area contributed by atoms with E-state index in [-0.39, 0.29) is 11.8 Å². The van der Waals surface area contributed by atoms with Crippen LogP contribution in [0.1, 0.15) is 38.2 Å². The molecule has 2 unspecified atom stereocenters. The van der Waals surface area contributed by atoms with Crippen molar-refractivity contribution in [1.29, 1.82) is 0 Å². The average Bonchev–Trinajstić information content (AvgIpc) is 3.02. The van der Waals surface area contributed by atoms with Crippen molar-refractivity contribution < 1.29 is 9.53 Å². The predicted molar refractivity (Wildman–Crippen MR) is 102 cm³/mol. The number of ether oxygens (including phenoxy) is 1. The molecule has 2 aromatic rings. The van der Waals surface area contributed by atoms with Gasteiger partial charge in [-0.15, -0.1) is 11.3 Å². The molecule has 1 aromatic carbocycles. The van der Waals surface area contributed by atoms with Gasteiger partial charge in [-0.05, 0) is 38.8 Å². The minimum Gasteiger partial charge on any atom is -0.496 e. The Morgan fingerprint density at radius 2 is 2.24 bits per heavy atom. The highest BCUT2D eigenvalue weighted by atomic mass is 32.1. The smallest absolute Gasteiger partial charge is 0.231 e. The van der Waals surface area contributed by atoms with Gasteiger partial charge in [-0.2, -0.15) is 0 Å². The number of carbonyl (C=O) groups excluding carboxylic acids is 1. The van der Waals surface area contributed by atoms with E-state index in [2.05, 4.69) is 10.3 Å². The number of nitrogens with zero attached hydrogens (tertiary/aromatic N) is 1. The summed E-state index contributed by atoms with van der Waals surface area (Å²) in [6, 6.07) is 5.98. The molecule has 0 radical (unpaired) electrons. The van der Waals surface area contributed by atoms with Crippen molar-refractivity contribution in [2.24, 2.45) is 11.7 Å². The van der Waals surface area contributed by atoms with E-state index >= 15 is 0 Å². The largest absolute Gasteiger partial charge is 0.496 e. The number of nitrogens with one attached hydrogen (secondary N) is 1. The Kier molecular flexibility index (Phi) is 5.11. The van der Waals surface area contributed by atoms with Gasteiger partial charge in [0.2, 0.25) is 5.91 Å². The van der Waals surface area contributed by atoms with Crippen LogP contribution in [0.4, 0.5) is 5.13 Å². The van der Waals surface area contributed by atoms with Gasteiger partial charge < -0.3 is 15.8 Å². The second kappa shape index (κ2) is 7.14. The highest BCUT2D eigenvalue weighted by molar-refractivity contribution is 7.14. The third-order valence-electron chi connectivity index (χ3n) is 4.94. The van der Waals surface area contributed by atoms with Crippen LogP contribution >= 0.6 is 11.3 Å². The number of hydrogen-bond donors (Lipinski definition) is 2. The van der Waals surface area contributed by atoms with Crippen LogP contribution in [0, 0.1) is 12.8 Å². The lowest BCUT2D eigenvalue weighted by Gasteiger charge is -2.36. The normalized spacial score (nSPS) is 23.3. The Balaban J connectivity index is 1.78. The molecular formula is C19H25N3O2S. The number of benzene rings is 1. The van der Waals surface area contributed by atoms with Crippen LogP contribution < -0.4 is 15.8 Å². The summed E-state index contributed by atoms with van der Waals surface area (Å²) in [5.74, 6) is 0.583. The summed E-state index contributed by atoms with van der Waals surface area (Å²) in [5, 5.41) is 5.50. The SMILES string of the molecule is COc1ccc(C)cc1-c1csc(NC(=O)C2CCCCC2(C)N)n1. The lowest BCUT2D eigenvalue weighted by molar-refractivity contribution is -0.122.